The third kappa shape index (κ3) is 5.52. The molecule has 2 amide bonds. The van der Waals surface area contributed by atoms with Crippen LogP contribution in [0.5, 0.6) is 0 Å². The molecule has 0 fully saturated rings. The minimum absolute atomic E-state index is 0.0707. The molecule has 6 nitrogen and oxygen atoms in total. The van der Waals surface area contributed by atoms with Crippen LogP contribution in [-0.2, 0) is 29.7 Å². The van der Waals surface area contributed by atoms with Gasteiger partial charge in [-0.25, -0.2) is 0 Å². The molecule has 0 aliphatic heterocycles. The third-order valence-corrected chi connectivity index (χ3v) is 4.24. The SMILES string of the molecule is CCCCN(CC(=O)N(Cc1ccco1)Cc1cccn1C)C(C)=O. The largest absolute Gasteiger partial charge is 0.467 e. The standard InChI is InChI=1S/C19H27N3O3/c1-4-5-11-21(16(2)23)15-19(24)22(14-18-9-7-12-25-18)13-17-8-6-10-20(17)3/h6-10,12H,4-5,11,13-15H2,1-3H3. The molecule has 136 valence electrons. The fourth-order valence-electron chi connectivity index (χ4n) is 2.64. The van der Waals surface area contributed by atoms with Gasteiger partial charge < -0.3 is 18.8 Å². The second-order valence-corrected chi connectivity index (χ2v) is 6.23. The van der Waals surface area contributed by atoms with Gasteiger partial charge in [0.2, 0.25) is 11.8 Å². The molecule has 0 aromatic carbocycles. The van der Waals surface area contributed by atoms with Crippen LogP contribution in [0.2, 0.25) is 0 Å². The first-order valence-corrected chi connectivity index (χ1v) is 8.67. The van der Waals surface area contributed by atoms with Gasteiger partial charge in [-0.05, 0) is 30.7 Å². The molecule has 0 aliphatic rings. The fourth-order valence-corrected chi connectivity index (χ4v) is 2.64. The summed E-state index contributed by atoms with van der Waals surface area (Å²) >= 11 is 0. The van der Waals surface area contributed by atoms with Crippen molar-refractivity contribution in [2.45, 2.75) is 39.8 Å². The van der Waals surface area contributed by atoms with Crippen molar-refractivity contribution in [2.75, 3.05) is 13.1 Å². The Bertz CT molecular complexity index is 676. The number of hydrogen-bond acceptors (Lipinski definition) is 3. The zero-order chi connectivity index (χ0) is 18.2. The van der Waals surface area contributed by atoms with E-state index in [-0.39, 0.29) is 18.4 Å². The predicted octanol–water partition coefficient (Wildman–Crippen LogP) is 2.80. The Hall–Kier alpha value is -2.50. The van der Waals surface area contributed by atoms with Crippen molar-refractivity contribution >= 4 is 11.8 Å². The highest BCUT2D eigenvalue weighted by Gasteiger charge is 2.21. The number of aryl methyl sites for hydroxylation is 1. The first kappa shape index (κ1) is 18.8. The second-order valence-electron chi connectivity index (χ2n) is 6.23. The van der Waals surface area contributed by atoms with E-state index in [1.807, 2.05) is 42.1 Å². The van der Waals surface area contributed by atoms with E-state index in [1.54, 1.807) is 16.1 Å². The van der Waals surface area contributed by atoms with Crippen molar-refractivity contribution in [2.24, 2.45) is 7.05 Å². The summed E-state index contributed by atoms with van der Waals surface area (Å²) in [4.78, 5) is 28.0. The van der Waals surface area contributed by atoms with E-state index in [2.05, 4.69) is 6.92 Å². The van der Waals surface area contributed by atoms with Crippen LogP contribution < -0.4 is 0 Å². The summed E-state index contributed by atoms with van der Waals surface area (Å²) in [6.45, 7) is 5.14. The van der Waals surface area contributed by atoms with Gasteiger partial charge in [0.15, 0.2) is 0 Å². The number of nitrogens with zero attached hydrogens (tertiary/aromatic N) is 3. The van der Waals surface area contributed by atoms with Crippen LogP contribution in [0, 0.1) is 0 Å². The molecule has 2 aromatic rings. The summed E-state index contributed by atoms with van der Waals surface area (Å²) < 4.78 is 7.39. The van der Waals surface area contributed by atoms with Crippen LogP contribution in [0.3, 0.4) is 0 Å². The van der Waals surface area contributed by atoms with Gasteiger partial charge in [-0.3, -0.25) is 9.59 Å². The molecular formula is C19H27N3O3. The molecule has 2 aromatic heterocycles. The average molecular weight is 345 g/mol. The van der Waals surface area contributed by atoms with Crippen molar-refractivity contribution in [1.82, 2.24) is 14.4 Å². The number of carbonyl (C=O) groups is 2. The van der Waals surface area contributed by atoms with Gasteiger partial charge in [0.05, 0.1) is 25.9 Å². The van der Waals surface area contributed by atoms with Crippen molar-refractivity contribution in [3.8, 4) is 0 Å². The topological polar surface area (TPSA) is 58.7 Å². The van der Waals surface area contributed by atoms with Crippen molar-refractivity contribution in [3.05, 3.63) is 48.2 Å². The molecular weight excluding hydrogens is 318 g/mol. The lowest BCUT2D eigenvalue weighted by Crippen LogP contribution is -2.42. The van der Waals surface area contributed by atoms with Gasteiger partial charge in [-0.15, -0.1) is 0 Å². The van der Waals surface area contributed by atoms with Gasteiger partial charge in [0.25, 0.3) is 0 Å². The van der Waals surface area contributed by atoms with E-state index in [0.717, 1.165) is 24.3 Å². The molecule has 0 N–H and O–H groups in total. The highest BCUT2D eigenvalue weighted by atomic mass is 16.3. The van der Waals surface area contributed by atoms with Crippen LogP contribution in [-0.4, -0.2) is 39.3 Å². The van der Waals surface area contributed by atoms with Gasteiger partial charge in [0, 0.05) is 32.4 Å². The Balaban J connectivity index is 2.10. The van der Waals surface area contributed by atoms with E-state index >= 15 is 0 Å². The summed E-state index contributed by atoms with van der Waals surface area (Å²) in [5, 5.41) is 0. The highest BCUT2D eigenvalue weighted by Crippen LogP contribution is 2.12. The van der Waals surface area contributed by atoms with E-state index < -0.39 is 0 Å². The zero-order valence-electron chi connectivity index (χ0n) is 15.3. The minimum Gasteiger partial charge on any atom is -0.467 e. The Morgan fingerprint density at radius 3 is 2.52 bits per heavy atom. The molecule has 0 spiro atoms. The Kier molecular flexibility index (Phi) is 6.86. The average Bonchev–Trinajstić information content (AvgIpc) is 3.22. The molecule has 0 radical (unpaired) electrons. The fraction of sp³-hybridized carbons (Fsp3) is 0.474. The van der Waals surface area contributed by atoms with Crippen LogP contribution in [0.25, 0.3) is 0 Å². The number of aromatic nitrogens is 1. The maximum atomic E-state index is 12.9. The normalized spacial score (nSPS) is 10.7. The molecule has 0 aliphatic carbocycles. The number of hydrogen-bond donors (Lipinski definition) is 0. The van der Waals surface area contributed by atoms with Crippen molar-refractivity contribution in [1.29, 1.82) is 0 Å². The molecule has 2 heterocycles. The maximum Gasteiger partial charge on any atom is 0.242 e. The summed E-state index contributed by atoms with van der Waals surface area (Å²) in [7, 11) is 1.95. The lowest BCUT2D eigenvalue weighted by molar-refractivity contribution is -0.140. The van der Waals surface area contributed by atoms with Crippen LogP contribution in [0.1, 0.15) is 38.1 Å². The van der Waals surface area contributed by atoms with Crippen molar-refractivity contribution in [3.63, 3.8) is 0 Å². The molecule has 0 unspecified atom stereocenters. The predicted molar refractivity (Wildman–Crippen MR) is 95.5 cm³/mol. The van der Waals surface area contributed by atoms with E-state index in [0.29, 0.717) is 19.6 Å². The van der Waals surface area contributed by atoms with Gasteiger partial charge >= 0.3 is 0 Å². The minimum atomic E-state index is -0.0797. The second kappa shape index (κ2) is 9.11. The van der Waals surface area contributed by atoms with Gasteiger partial charge in [0.1, 0.15) is 5.76 Å². The summed E-state index contributed by atoms with van der Waals surface area (Å²) in [5.41, 5.74) is 1.03. The Morgan fingerprint density at radius 1 is 1.16 bits per heavy atom. The van der Waals surface area contributed by atoms with Gasteiger partial charge in [-0.2, -0.15) is 0 Å². The number of unbranched alkanes of at least 4 members (excludes halogenated alkanes) is 1. The van der Waals surface area contributed by atoms with E-state index in [1.165, 1.54) is 6.92 Å². The van der Waals surface area contributed by atoms with Crippen LogP contribution in [0.15, 0.2) is 41.1 Å². The number of furan rings is 1. The van der Waals surface area contributed by atoms with E-state index in [9.17, 15) is 9.59 Å². The van der Waals surface area contributed by atoms with Gasteiger partial charge in [-0.1, -0.05) is 13.3 Å². The number of amides is 2. The van der Waals surface area contributed by atoms with Crippen LogP contribution in [0.4, 0.5) is 0 Å². The van der Waals surface area contributed by atoms with Crippen molar-refractivity contribution < 1.29 is 14.0 Å². The molecule has 0 saturated carbocycles. The third-order valence-electron chi connectivity index (χ3n) is 4.24. The molecule has 0 bridgehead atoms. The summed E-state index contributed by atoms with van der Waals surface area (Å²) in [6, 6.07) is 7.60. The molecule has 6 heteroatoms. The quantitative estimate of drug-likeness (QED) is 0.702. The number of carbonyl (C=O) groups excluding carboxylic acids is 2. The molecule has 2 rings (SSSR count). The first-order chi connectivity index (χ1) is 12.0. The Labute approximate surface area is 149 Å². The van der Waals surface area contributed by atoms with Crippen LogP contribution >= 0.6 is 0 Å². The first-order valence-electron chi connectivity index (χ1n) is 8.67. The molecule has 0 atom stereocenters. The molecule has 0 saturated heterocycles. The number of rotatable bonds is 9. The maximum absolute atomic E-state index is 12.9. The lowest BCUT2D eigenvalue weighted by atomic mass is 10.3. The smallest absolute Gasteiger partial charge is 0.242 e. The summed E-state index contributed by atoms with van der Waals surface area (Å²) in [6.07, 6.45) is 5.43. The molecule has 25 heavy (non-hydrogen) atoms. The summed E-state index contributed by atoms with van der Waals surface area (Å²) in [5.74, 6) is 0.577. The lowest BCUT2D eigenvalue weighted by Gasteiger charge is -2.26. The highest BCUT2D eigenvalue weighted by molar-refractivity contribution is 5.83. The monoisotopic (exact) mass is 345 g/mol. The zero-order valence-corrected chi connectivity index (χ0v) is 15.3. The van der Waals surface area contributed by atoms with E-state index in [4.69, 9.17) is 4.42 Å². The Morgan fingerprint density at radius 2 is 1.96 bits per heavy atom.